The number of hydrogen-bond acceptors (Lipinski definition) is 3. The minimum atomic E-state index is -0.500. The number of rotatable bonds is 5. The van der Waals surface area contributed by atoms with Crippen molar-refractivity contribution in [2.75, 3.05) is 4.90 Å². The first-order chi connectivity index (χ1) is 28.3. The standard InChI is InChI=1S/C53H35N3Se/c1-4-16-36(17-5-1)40-30-33-49-45(34-40)53(43-23-11-14-26-50(43)57-51-27-15-12-24-44(51)53)42-22-10-13-25-48(42)56(49)41-31-28-39(29-32-41)52-54-46(37-18-6-2-7-19-37)35-47(55-52)38-20-8-3-9-21-38/h1-35H. The minimum absolute atomic E-state index is 0.192. The molecule has 4 heteroatoms. The van der Waals surface area contributed by atoms with Crippen molar-refractivity contribution >= 4 is 40.9 Å². The third-order valence-electron chi connectivity index (χ3n) is 11.3. The molecule has 268 valence electrons. The van der Waals surface area contributed by atoms with Crippen LogP contribution in [0.2, 0.25) is 0 Å². The fourth-order valence-electron chi connectivity index (χ4n) is 8.80. The number of fused-ring (bicyclic) bond motifs is 8. The number of aromatic nitrogens is 2. The van der Waals surface area contributed by atoms with E-state index in [4.69, 9.17) is 9.97 Å². The van der Waals surface area contributed by atoms with E-state index in [1.54, 1.807) is 0 Å². The molecule has 0 atom stereocenters. The molecule has 11 rings (SSSR count). The van der Waals surface area contributed by atoms with Crippen LogP contribution in [0, 0.1) is 0 Å². The van der Waals surface area contributed by atoms with E-state index in [1.165, 1.54) is 53.7 Å². The van der Waals surface area contributed by atoms with Gasteiger partial charge in [-0.05, 0) is 6.07 Å². The van der Waals surface area contributed by atoms with Crippen molar-refractivity contribution in [1.82, 2.24) is 9.97 Å². The molecule has 0 saturated heterocycles. The van der Waals surface area contributed by atoms with E-state index in [-0.39, 0.29) is 15.0 Å². The fraction of sp³-hybridized carbons (Fsp3) is 0.0189. The van der Waals surface area contributed by atoms with Crippen LogP contribution in [0.5, 0.6) is 0 Å². The van der Waals surface area contributed by atoms with Crippen LogP contribution in [-0.2, 0) is 5.41 Å². The summed E-state index contributed by atoms with van der Waals surface area (Å²) in [6.07, 6.45) is 0. The summed E-state index contributed by atoms with van der Waals surface area (Å²) >= 11 is 0.192. The quantitative estimate of drug-likeness (QED) is 0.163. The van der Waals surface area contributed by atoms with Crippen LogP contribution in [0.25, 0.3) is 45.0 Å². The Hall–Kier alpha value is -6.84. The van der Waals surface area contributed by atoms with Crippen molar-refractivity contribution in [2.24, 2.45) is 0 Å². The molecule has 9 aromatic rings. The van der Waals surface area contributed by atoms with Crippen molar-refractivity contribution in [3.63, 3.8) is 0 Å². The molecule has 3 nitrogen and oxygen atoms in total. The summed E-state index contributed by atoms with van der Waals surface area (Å²) in [4.78, 5) is 12.7. The summed E-state index contributed by atoms with van der Waals surface area (Å²) in [6.45, 7) is 0. The molecule has 0 radical (unpaired) electrons. The van der Waals surface area contributed by atoms with Gasteiger partial charge in [-0.2, -0.15) is 0 Å². The maximum atomic E-state index is 5.13. The van der Waals surface area contributed by atoms with E-state index >= 15 is 0 Å². The van der Waals surface area contributed by atoms with Gasteiger partial charge < -0.3 is 0 Å². The van der Waals surface area contributed by atoms with Gasteiger partial charge in [0.2, 0.25) is 0 Å². The number of anilines is 3. The van der Waals surface area contributed by atoms with Gasteiger partial charge in [-0.15, -0.1) is 0 Å². The first kappa shape index (κ1) is 33.5. The molecule has 3 heterocycles. The van der Waals surface area contributed by atoms with Crippen molar-refractivity contribution in [3.05, 3.63) is 235 Å². The zero-order valence-corrected chi connectivity index (χ0v) is 32.7. The van der Waals surface area contributed by atoms with Gasteiger partial charge in [-0.3, -0.25) is 0 Å². The first-order valence-electron chi connectivity index (χ1n) is 19.3. The molecule has 0 amide bonds. The molecule has 0 saturated carbocycles. The van der Waals surface area contributed by atoms with Gasteiger partial charge in [0, 0.05) is 11.1 Å². The average molecular weight is 793 g/mol. The SMILES string of the molecule is c1ccc(-c2ccc3c(c2)C2(c4ccccc4[Se]c4ccccc42)c2ccccc2N3c2ccc(-c3nc(-c4ccccc4)cc(-c4ccccc4)n3)cc2)cc1. The second-order valence-corrected chi connectivity index (χ2v) is 16.8. The van der Waals surface area contributed by atoms with Crippen molar-refractivity contribution in [3.8, 4) is 45.0 Å². The molecule has 2 aliphatic rings. The molecule has 0 bridgehead atoms. The van der Waals surface area contributed by atoms with Crippen LogP contribution in [-0.4, -0.2) is 24.9 Å². The Morgan fingerprint density at radius 2 is 0.825 bits per heavy atom. The van der Waals surface area contributed by atoms with E-state index in [0.717, 1.165) is 33.8 Å². The predicted octanol–water partition coefficient (Wildman–Crippen LogP) is 11.3. The summed E-state index contributed by atoms with van der Waals surface area (Å²) < 4.78 is 2.86. The van der Waals surface area contributed by atoms with Gasteiger partial charge in [0.15, 0.2) is 0 Å². The van der Waals surface area contributed by atoms with Crippen LogP contribution in [0.15, 0.2) is 212 Å². The van der Waals surface area contributed by atoms with Crippen LogP contribution < -0.4 is 13.8 Å². The summed E-state index contributed by atoms with van der Waals surface area (Å²) in [6, 6.07) is 76.8. The van der Waals surface area contributed by atoms with Gasteiger partial charge in [0.1, 0.15) is 0 Å². The Morgan fingerprint density at radius 1 is 0.351 bits per heavy atom. The molecule has 57 heavy (non-hydrogen) atoms. The monoisotopic (exact) mass is 793 g/mol. The Morgan fingerprint density at radius 3 is 1.42 bits per heavy atom. The topological polar surface area (TPSA) is 29.0 Å². The van der Waals surface area contributed by atoms with Gasteiger partial charge >= 0.3 is 252 Å². The van der Waals surface area contributed by atoms with Crippen molar-refractivity contribution < 1.29 is 0 Å². The zero-order chi connectivity index (χ0) is 37.8. The van der Waals surface area contributed by atoms with Crippen molar-refractivity contribution in [1.29, 1.82) is 0 Å². The number of para-hydroxylation sites is 1. The van der Waals surface area contributed by atoms with Gasteiger partial charge in [-0.1, -0.05) is 60.7 Å². The molecule has 8 aromatic carbocycles. The van der Waals surface area contributed by atoms with E-state index in [1.807, 2.05) is 12.1 Å². The Balaban J connectivity index is 1.11. The summed E-state index contributed by atoms with van der Waals surface area (Å²) in [5.74, 6) is 0.699. The zero-order valence-electron chi connectivity index (χ0n) is 31.0. The summed E-state index contributed by atoms with van der Waals surface area (Å²) in [7, 11) is 0. The molecule has 0 aliphatic carbocycles. The van der Waals surface area contributed by atoms with Gasteiger partial charge in [0.05, 0.1) is 11.4 Å². The molecule has 1 spiro atoms. The van der Waals surface area contributed by atoms with Crippen LogP contribution in [0.4, 0.5) is 17.1 Å². The van der Waals surface area contributed by atoms with E-state index in [9.17, 15) is 0 Å². The predicted molar refractivity (Wildman–Crippen MR) is 235 cm³/mol. The molecule has 0 fully saturated rings. The number of nitrogens with zero attached hydrogens (tertiary/aromatic N) is 3. The maximum absolute atomic E-state index is 5.13. The second-order valence-electron chi connectivity index (χ2n) is 14.5. The summed E-state index contributed by atoms with van der Waals surface area (Å²) in [5.41, 5.74) is 15.6. The van der Waals surface area contributed by atoms with Crippen LogP contribution in [0.3, 0.4) is 0 Å². The molecular weight excluding hydrogens is 758 g/mol. The van der Waals surface area contributed by atoms with Gasteiger partial charge in [0.25, 0.3) is 0 Å². The van der Waals surface area contributed by atoms with E-state index in [2.05, 4.69) is 205 Å². The first-order valence-corrected chi connectivity index (χ1v) is 21.0. The van der Waals surface area contributed by atoms with E-state index in [0.29, 0.717) is 5.82 Å². The van der Waals surface area contributed by atoms with Crippen LogP contribution in [0.1, 0.15) is 22.3 Å². The third-order valence-corrected chi connectivity index (χ3v) is 13.8. The molecule has 0 unspecified atom stereocenters. The third kappa shape index (κ3) is 5.49. The summed E-state index contributed by atoms with van der Waals surface area (Å²) in [5, 5.41) is 0. The Kier molecular flexibility index (Phi) is 8.06. The van der Waals surface area contributed by atoms with Crippen molar-refractivity contribution in [2.45, 2.75) is 5.41 Å². The molecule has 1 aromatic heterocycles. The number of hydrogen-bond donors (Lipinski definition) is 0. The van der Waals surface area contributed by atoms with Crippen LogP contribution >= 0.6 is 0 Å². The fourth-order valence-corrected chi connectivity index (χ4v) is 11.3. The second kappa shape index (κ2) is 13.7. The molecule has 0 N–H and O–H groups in total. The normalized spacial score (nSPS) is 13.3. The van der Waals surface area contributed by atoms with Gasteiger partial charge in [-0.25, -0.2) is 0 Å². The average Bonchev–Trinajstić information content (AvgIpc) is 3.30. The Bertz CT molecular complexity index is 2820. The van der Waals surface area contributed by atoms with E-state index < -0.39 is 5.41 Å². The number of benzene rings is 8. The molecular formula is C53H35N3Se. The molecule has 2 aliphatic heterocycles. The Labute approximate surface area is 339 Å².